The van der Waals surface area contributed by atoms with E-state index in [4.69, 9.17) is 5.11 Å². The van der Waals surface area contributed by atoms with Crippen molar-refractivity contribution in [2.75, 3.05) is 0 Å². The van der Waals surface area contributed by atoms with Crippen LogP contribution >= 0.6 is 0 Å². The van der Waals surface area contributed by atoms with Crippen LogP contribution in [0.5, 0.6) is 0 Å². The molecular formula is C17H24O2. The van der Waals surface area contributed by atoms with Gasteiger partial charge in [0.15, 0.2) is 0 Å². The number of carbonyl (C=O) groups is 1. The fourth-order valence-electron chi connectivity index (χ4n) is 3.32. The van der Waals surface area contributed by atoms with Crippen LogP contribution in [0.1, 0.15) is 67.2 Å². The van der Waals surface area contributed by atoms with Crippen molar-refractivity contribution in [3.05, 3.63) is 34.4 Å². The molecule has 0 saturated heterocycles. The highest BCUT2D eigenvalue weighted by Gasteiger charge is 2.20. The van der Waals surface area contributed by atoms with Crippen LogP contribution in [-0.4, -0.2) is 11.1 Å². The monoisotopic (exact) mass is 260 g/mol. The lowest BCUT2D eigenvalue weighted by Crippen LogP contribution is -2.11. The van der Waals surface area contributed by atoms with Crippen LogP contribution in [0.3, 0.4) is 0 Å². The van der Waals surface area contributed by atoms with Gasteiger partial charge in [-0.3, -0.25) is 4.79 Å². The third-order valence-corrected chi connectivity index (χ3v) is 4.37. The Morgan fingerprint density at radius 3 is 2.47 bits per heavy atom. The Labute approximate surface area is 115 Å². The van der Waals surface area contributed by atoms with Gasteiger partial charge < -0.3 is 5.11 Å². The number of hydrogen-bond donors (Lipinski definition) is 1. The zero-order chi connectivity index (χ0) is 13.8. The van der Waals surface area contributed by atoms with E-state index in [0.717, 1.165) is 12.0 Å². The summed E-state index contributed by atoms with van der Waals surface area (Å²) in [4.78, 5) is 11.1. The lowest BCUT2D eigenvalue weighted by molar-refractivity contribution is -0.136. The molecule has 1 aromatic rings. The summed E-state index contributed by atoms with van der Waals surface area (Å²) in [5.74, 6) is -0.144. The number of aliphatic carboxylic acids is 1. The summed E-state index contributed by atoms with van der Waals surface area (Å²) >= 11 is 0. The maximum Gasteiger partial charge on any atom is 0.307 e. The second-order valence-electron chi connectivity index (χ2n) is 5.74. The molecule has 1 aliphatic rings. The summed E-state index contributed by atoms with van der Waals surface area (Å²) in [5, 5.41) is 9.11. The molecule has 0 unspecified atom stereocenters. The molecule has 2 heteroatoms. The van der Waals surface area contributed by atoms with Crippen LogP contribution in [0, 0.1) is 6.92 Å². The third kappa shape index (κ3) is 3.37. The zero-order valence-electron chi connectivity index (χ0n) is 12.0. The summed E-state index contributed by atoms with van der Waals surface area (Å²) < 4.78 is 0. The van der Waals surface area contributed by atoms with E-state index in [9.17, 15) is 4.79 Å². The Kier molecular flexibility index (Phi) is 4.62. The molecule has 1 N–H and O–H groups in total. The molecule has 1 saturated carbocycles. The number of carboxylic acids is 1. The van der Waals surface area contributed by atoms with Gasteiger partial charge in [-0.1, -0.05) is 38.3 Å². The quantitative estimate of drug-likeness (QED) is 0.879. The SMILES string of the molecule is CCc1cc(C2CCCCC2)c(CC(=O)O)cc1C. The molecule has 0 aliphatic heterocycles. The Balaban J connectivity index is 2.38. The fraction of sp³-hybridized carbons (Fsp3) is 0.588. The summed E-state index contributed by atoms with van der Waals surface area (Å²) in [7, 11) is 0. The summed E-state index contributed by atoms with van der Waals surface area (Å²) in [6.07, 6.45) is 7.53. The lowest BCUT2D eigenvalue weighted by atomic mass is 9.80. The van der Waals surface area contributed by atoms with Crippen molar-refractivity contribution in [3.63, 3.8) is 0 Å². The van der Waals surface area contributed by atoms with E-state index in [0.29, 0.717) is 5.92 Å². The van der Waals surface area contributed by atoms with E-state index in [-0.39, 0.29) is 6.42 Å². The predicted octanol–water partition coefficient (Wildman–Crippen LogP) is 4.23. The minimum atomic E-state index is -0.722. The van der Waals surface area contributed by atoms with Gasteiger partial charge in [0.1, 0.15) is 0 Å². The van der Waals surface area contributed by atoms with Crippen LogP contribution in [-0.2, 0) is 17.6 Å². The first-order valence-corrected chi connectivity index (χ1v) is 7.46. The van der Waals surface area contributed by atoms with Crippen LogP contribution in [0.2, 0.25) is 0 Å². The smallest absolute Gasteiger partial charge is 0.307 e. The number of carboxylic acid groups (broad SMARTS) is 1. The van der Waals surface area contributed by atoms with Crippen molar-refractivity contribution in [1.29, 1.82) is 0 Å². The minimum absolute atomic E-state index is 0.163. The number of aryl methyl sites for hydroxylation is 2. The van der Waals surface area contributed by atoms with E-state index < -0.39 is 5.97 Å². The first kappa shape index (κ1) is 14.1. The van der Waals surface area contributed by atoms with Gasteiger partial charge >= 0.3 is 5.97 Å². The predicted molar refractivity (Wildman–Crippen MR) is 77.7 cm³/mol. The largest absolute Gasteiger partial charge is 0.481 e. The van der Waals surface area contributed by atoms with Crippen LogP contribution in [0.4, 0.5) is 0 Å². The van der Waals surface area contributed by atoms with Gasteiger partial charge in [0.05, 0.1) is 6.42 Å². The first-order chi connectivity index (χ1) is 9.11. The van der Waals surface area contributed by atoms with E-state index in [2.05, 4.69) is 26.0 Å². The summed E-state index contributed by atoms with van der Waals surface area (Å²) in [6.45, 7) is 4.26. The number of rotatable bonds is 4. The van der Waals surface area contributed by atoms with Crippen LogP contribution in [0.25, 0.3) is 0 Å². The highest BCUT2D eigenvalue weighted by Crippen LogP contribution is 2.36. The molecule has 1 aliphatic carbocycles. The average molecular weight is 260 g/mol. The Hall–Kier alpha value is -1.31. The number of benzene rings is 1. The van der Waals surface area contributed by atoms with E-state index in [1.54, 1.807) is 0 Å². The van der Waals surface area contributed by atoms with Gasteiger partial charge in [-0.2, -0.15) is 0 Å². The molecule has 104 valence electrons. The molecule has 0 amide bonds. The molecule has 0 radical (unpaired) electrons. The van der Waals surface area contributed by atoms with Crippen molar-refractivity contribution >= 4 is 5.97 Å². The van der Waals surface area contributed by atoms with Crippen molar-refractivity contribution in [3.8, 4) is 0 Å². The highest BCUT2D eigenvalue weighted by atomic mass is 16.4. The second-order valence-corrected chi connectivity index (χ2v) is 5.74. The first-order valence-electron chi connectivity index (χ1n) is 7.46. The van der Waals surface area contributed by atoms with Crippen LogP contribution in [0.15, 0.2) is 12.1 Å². The van der Waals surface area contributed by atoms with E-state index in [1.807, 2.05) is 0 Å². The number of hydrogen-bond acceptors (Lipinski definition) is 1. The van der Waals surface area contributed by atoms with Gasteiger partial charge in [-0.05, 0) is 54.4 Å². The maximum absolute atomic E-state index is 11.1. The minimum Gasteiger partial charge on any atom is -0.481 e. The molecule has 0 spiro atoms. The molecule has 1 fully saturated rings. The molecule has 1 aromatic carbocycles. The van der Waals surface area contributed by atoms with Gasteiger partial charge in [0.25, 0.3) is 0 Å². The molecule has 2 nitrogen and oxygen atoms in total. The maximum atomic E-state index is 11.1. The fourth-order valence-corrected chi connectivity index (χ4v) is 3.32. The Bertz CT molecular complexity index is 457. The Morgan fingerprint density at radius 2 is 1.89 bits per heavy atom. The molecule has 2 rings (SSSR count). The average Bonchev–Trinajstić information content (AvgIpc) is 2.39. The highest BCUT2D eigenvalue weighted by molar-refractivity contribution is 5.71. The van der Waals surface area contributed by atoms with E-state index in [1.165, 1.54) is 48.8 Å². The van der Waals surface area contributed by atoms with E-state index >= 15 is 0 Å². The third-order valence-electron chi connectivity index (χ3n) is 4.37. The van der Waals surface area contributed by atoms with Gasteiger partial charge in [0, 0.05) is 0 Å². The van der Waals surface area contributed by atoms with Crippen molar-refractivity contribution in [1.82, 2.24) is 0 Å². The Morgan fingerprint density at radius 1 is 1.21 bits per heavy atom. The zero-order valence-corrected chi connectivity index (χ0v) is 12.0. The molecular weight excluding hydrogens is 236 g/mol. The van der Waals surface area contributed by atoms with Gasteiger partial charge in [-0.15, -0.1) is 0 Å². The molecule has 0 aromatic heterocycles. The van der Waals surface area contributed by atoms with Crippen molar-refractivity contribution in [2.45, 2.75) is 64.7 Å². The second kappa shape index (κ2) is 6.23. The molecule has 0 heterocycles. The van der Waals surface area contributed by atoms with Gasteiger partial charge in [-0.25, -0.2) is 0 Å². The van der Waals surface area contributed by atoms with Crippen molar-refractivity contribution < 1.29 is 9.90 Å². The lowest BCUT2D eigenvalue weighted by Gasteiger charge is -2.25. The standard InChI is InChI=1S/C17H24O2/c1-3-13-10-16(14-7-5-4-6-8-14)15(9-12(13)2)11-17(18)19/h9-10,14H,3-8,11H2,1-2H3,(H,18,19). The van der Waals surface area contributed by atoms with Crippen molar-refractivity contribution in [2.24, 2.45) is 0 Å². The molecule has 0 bridgehead atoms. The molecule has 0 atom stereocenters. The van der Waals surface area contributed by atoms with Crippen LogP contribution < -0.4 is 0 Å². The normalized spacial score (nSPS) is 16.5. The summed E-state index contributed by atoms with van der Waals surface area (Å²) in [5.41, 5.74) is 4.95. The molecule has 19 heavy (non-hydrogen) atoms. The van der Waals surface area contributed by atoms with Gasteiger partial charge in [0.2, 0.25) is 0 Å². The topological polar surface area (TPSA) is 37.3 Å². The summed E-state index contributed by atoms with van der Waals surface area (Å²) in [6, 6.07) is 4.39.